The molecule has 2 N–H and O–H groups in total. The number of aryl methyl sites for hydroxylation is 1. The molecule has 0 aromatic carbocycles. The highest BCUT2D eigenvalue weighted by Crippen LogP contribution is 2.22. The molecule has 1 aliphatic rings. The summed E-state index contributed by atoms with van der Waals surface area (Å²) in [6.45, 7) is 4.09. The van der Waals surface area contributed by atoms with Gasteiger partial charge in [-0.1, -0.05) is 0 Å². The monoisotopic (exact) mass is 243 g/mol. The molecule has 3 rings (SSSR count). The number of aromatic amines is 1. The van der Waals surface area contributed by atoms with Gasteiger partial charge in [0.15, 0.2) is 5.82 Å². The lowest BCUT2D eigenvalue weighted by Crippen LogP contribution is -2.29. The lowest BCUT2D eigenvalue weighted by molar-refractivity contribution is 0.446. The highest BCUT2D eigenvalue weighted by Gasteiger charge is 2.19. The maximum Gasteiger partial charge on any atom is 0.156 e. The van der Waals surface area contributed by atoms with Gasteiger partial charge in [0.05, 0.1) is 0 Å². The Kier molecular flexibility index (Phi) is 3.06. The molecule has 18 heavy (non-hydrogen) atoms. The molecule has 5 nitrogen and oxygen atoms in total. The quantitative estimate of drug-likeness (QED) is 0.841. The van der Waals surface area contributed by atoms with Crippen molar-refractivity contribution in [3.63, 3.8) is 0 Å². The molecule has 1 aliphatic heterocycles. The van der Waals surface area contributed by atoms with E-state index in [0.717, 1.165) is 42.5 Å². The first kappa shape index (κ1) is 11.3. The van der Waals surface area contributed by atoms with Crippen molar-refractivity contribution in [3.8, 4) is 11.5 Å². The van der Waals surface area contributed by atoms with Crippen molar-refractivity contribution in [3.05, 3.63) is 30.0 Å². The van der Waals surface area contributed by atoms with Crippen molar-refractivity contribution in [2.24, 2.45) is 0 Å². The Bertz CT molecular complexity index is 514. The number of piperidine rings is 1. The summed E-state index contributed by atoms with van der Waals surface area (Å²) in [7, 11) is 0. The number of H-pyrrole nitrogens is 1. The van der Waals surface area contributed by atoms with Crippen LogP contribution in [-0.2, 0) is 0 Å². The van der Waals surface area contributed by atoms with Crippen molar-refractivity contribution in [2.75, 3.05) is 13.1 Å². The summed E-state index contributed by atoms with van der Waals surface area (Å²) < 4.78 is 0. The predicted molar refractivity (Wildman–Crippen MR) is 69.2 cm³/mol. The molecule has 2 aromatic heterocycles. The fraction of sp³-hybridized carbons (Fsp3) is 0.462. The van der Waals surface area contributed by atoms with Crippen LogP contribution in [0.1, 0.15) is 30.3 Å². The number of rotatable bonds is 2. The Morgan fingerprint density at radius 1 is 1.33 bits per heavy atom. The third-order valence-corrected chi connectivity index (χ3v) is 3.27. The van der Waals surface area contributed by atoms with E-state index in [1.54, 1.807) is 6.20 Å². The molecule has 0 unspecified atom stereocenters. The van der Waals surface area contributed by atoms with Gasteiger partial charge in [-0.2, -0.15) is 0 Å². The molecule has 0 bridgehead atoms. The lowest BCUT2D eigenvalue weighted by atomic mass is 9.98. The molecule has 1 atom stereocenters. The second-order valence-electron chi connectivity index (χ2n) is 4.73. The topological polar surface area (TPSA) is 66.5 Å². The summed E-state index contributed by atoms with van der Waals surface area (Å²) in [5, 5.41) is 3.40. The number of aromatic nitrogens is 4. The van der Waals surface area contributed by atoms with Gasteiger partial charge in [0.2, 0.25) is 0 Å². The molecular weight excluding hydrogens is 226 g/mol. The smallest absolute Gasteiger partial charge is 0.156 e. The number of imidazole rings is 1. The van der Waals surface area contributed by atoms with Gasteiger partial charge in [-0.3, -0.25) is 0 Å². The molecule has 1 fully saturated rings. The van der Waals surface area contributed by atoms with Gasteiger partial charge in [-0.05, 0) is 32.4 Å². The van der Waals surface area contributed by atoms with Crippen LogP contribution in [0.25, 0.3) is 11.5 Å². The van der Waals surface area contributed by atoms with Gasteiger partial charge in [0.25, 0.3) is 0 Å². The van der Waals surface area contributed by atoms with Crippen LogP contribution < -0.4 is 5.32 Å². The van der Waals surface area contributed by atoms with Crippen LogP contribution >= 0.6 is 0 Å². The summed E-state index contributed by atoms with van der Waals surface area (Å²) in [5.41, 5.74) is 1.88. The summed E-state index contributed by atoms with van der Waals surface area (Å²) in [6, 6.07) is 1.97. The average Bonchev–Trinajstić information content (AvgIpc) is 2.93. The number of hydrogen-bond acceptors (Lipinski definition) is 4. The Hall–Kier alpha value is -1.75. The summed E-state index contributed by atoms with van der Waals surface area (Å²) in [4.78, 5) is 16.6. The third kappa shape index (κ3) is 2.26. The van der Waals surface area contributed by atoms with Gasteiger partial charge in [0.1, 0.15) is 11.5 Å². The second kappa shape index (κ2) is 4.86. The Labute approximate surface area is 106 Å². The standard InChI is InChI=1S/C13H17N5/c1-9-7-11(13-15-5-6-16-13)18-12(17-9)10-3-2-4-14-8-10/h5-7,10,14H,2-4,8H2,1H3,(H,15,16)/t10-/m0/s1. The van der Waals surface area contributed by atoms with E-state index >= 15 is 0 Å². The van der Waals surface area contributed by atoms with Gasteiger partial charge >= 0.3 is 0 Å². The van der Waals surface area contributed by atoms with Crippen LogP contribution in [0.4, 0.5) is 0 Å². The van der Waals surface area contributed by atoms with Crippen molar-refractivity contribution >= 4 is 0 Å². The van der Waals surface area contributed by atoms with E-state index in [1.807, 2.05) is 19.2 Å². The predicted octanol–water partition coefficient (Wildman–Crippen LogP) is 1.64. The maximum absolute atomic E-state index is 4.65. The number of hydrogen-bond donors (Lipinski definition) is 2. The molecule has 2 aromatic rings. The molecule has 0 spiro atoms. The van der Waals surface area contributed by atoms with Crippen molar-refractivity contribution in [1.82, 2.24) is 25.3 Å². The Morgan fingerprint density at radius 3 is 3.00 bits per heavy atom. The molecule has 0 saturated carbocycles. The molecule has 3 heterocycles. The molecule has 0 amide bonds. The van der Waals surface area contributed by atoms with Crippen molar-refractivity contribution < 1.29 is 0 Å². The third-order valence-electron chi connectivity index (χ3n) is 3.27. The van der Waals surface area contributed by atoms with E-state index in [0.29, 0.717) is 5.92 Å². The van der Waals surface area contributed by atoms with Gasteiger partial charge in [-0.15, -0.1) is 0 Å². The zero-order chi connectivity index (χ0) is 12.4. The highest BCUT2D eigenvalue weighted by atomic mass is 15.0. The highest BCUT2D eigenvalue weighted by molar-refractivity contribution is 5.49. The van der Waals surface area contributed by atoms with E-state index < -0.39 is 0 Å². The number of nitrogens with one attached hydrogen (secondary N) is 2. The van der Waals surface area contributed by atoms with Crippen LogP contribution in [0.2, 0.25) is 0 Å². The van der Waals surface area contributed by atoms with E-state index in [-0.39, 0.29) is 0 Å². The fourth-order valence-electron chi connectivity index (χ4n) is 2.37. The van der Waals surface area contributed by atoms with Gasteiger partial charge in [0, 0.05) is 30.6 Å². The molecule has 0 aliphatic carbocycles. The van der Waals surface area contributed by atoms with Crippen LogP contribution in [0.3, 0.4) is 0 Å². The van der Waals surface area contributed by atoms with Crippen LogP contribution in [0.15, 0.2) is 18.5 Å². The zero-order valence-corrected chi connectivity index (χ0v) is 10.5. The van der Waals surface area contributed by atoms with Gasteiger partial charge in [-0.25, -0.2) is 15.0 Å². The molecule has 5 heteroatoms. The first-order chi connectivity index (χ1) is 8.83. The molecule has 0 radical (unpaired) electrons. The van der Waals surface area contributed by atoms with E-state index in [1.165, 1.54) is 6.42 Å². The van der Waals surface area contributed by atoms with Crippen molar-refractivity contribution in [2.45, 2.75) is 25.7 Å². The second-order valence-corrected chi connectivity index (χ2v) is 4.73. The minimum Gasteiger partial charge on any atom is -0.343 e. The largest absolute Gasteiger partial charge is 0.343 e. The molecule has 1 saturated heterocycles. The fourth-order valence-corrected chi connectivity index (χ4v) is 2.37. The molecule has 94 valence electrons. The minimum atomic E-state index is 0.423. The van der Waals surface area contributed by atoms with E-state index in [2.05, 4.69) is 25.3 Å². The van der Waals surface area contributed by atoms with E-state index in [9.17, 15) is 0 Å². The first-order valence-electron chi connectivity index (χ1n) is 6.39. The summed E-state index contributed by atoms with van der Waals surface area (Å²) in [5.74, 6) is 2.17. The summed E-state index contributed by atoms with van der Waals surface area (Å²) in [6.07, 6.45) is 5.91. The van der Waals surface area contributed by atoms with Crippen molar-refractivity contribution in [1.29, 1.82) is 0 Å². The minimum absolute atomic E-state index is 0.423. The van der Waals surface area contributed by atoms with E-state index in [4.69, 9.17) is 0 Å². The first-order valence-corrected chi connectivity index (χ1v) is 6.39. The normalized spacial score (nSPS) is 19.9. The summed E-state index contributed by atoms with van der Waals surface area (Å²) >= 11 is 0. The zero-order valence-electron chi connectivity index (χ0n) is 10.5. The molecular formula is C13H17N5. The average molecular weight is 243 g/mol. The van der Waals surface area contributed by atoms with Gasteiger partial charge < -0.3 is 10.3 Å². The number of nitrogens with zero attached hydrogens (tertiary/aromatic N) is 3. The maximum atomic E-state index is 4.65. The van der Waals surface area contributed by atoms with Crippen LogP contribution in [-0.4, -0.2) is 33.0 Å². The Morgan fingerprint density at radius 2 is 2.28 bits per heavy atom. The van der Waals surface area contributed by atoms with Crippen LogP contribution in [0, 0.1) is 6.92 Å². The lowest BCUT2D eigenvalue weighted by Gasteiger charge is -2.21. The SMILES string of the molecule is Cc1cc(-c2ncc[nH]2)nc([C@H]2CCCNC2)n1. The Balaban J connectivity index is 1.95. The van der Waals surface area contributed by atoms with Crippen LogP contribution in [0.5, 0.6) is 0 Å².